The Hall–Kier alpha value is -1.36. The molecule has 0 radical (unpaired) electrons. The Labute approximate surface area is 85.6 Å². The second kappa shape index (κ2) is 4.76. The molecule has 0 aliphatic carbocycles. The maximum Gasteiger partial charge on any atom is 0.326 e. The van der Waals surface area contributed by atoms with Gasteiger partial charge in [0.1, 0.15) is 6.04 Å². The van der Waals surface area contributed by atoms with Gasteiger partial charge in [-0.3, -0.25) is 4.79 Å². The largest absolute Gasteiger partial charge is 0.480 e. The summed E-state index contributed by atoms with van der Waals surface area (Å²) in [5.74, 6) is -1.33. The van der Waals surface area contributed by atoms with Crippen molar-refractivity contribution in [1.29, 1.82) is 0 Å². The Kier molecular flexibility index (Phi) is 3.64. The van der Waals surface area contributed by atoms with E-state index < -0.39 is 12.0 Å². The maximum atomic E-state index is 10.8. The summed E-state index contributed by atoms with van der Waals surface area (Å²) in [5, 5.41) is 13.1. The number of carboxylic acid groups (broad SMARTS) is 1. The summed E-state index contributed by atoms with van der Waals surface area (Å²) in [6.45, 7) is 1.31. The lowest BCUT2D eigenvalue weighted by Gasteiger charge is -2.11. The number of thiophene rings is 1. The average Bonchev–Trinajstić information content (AvgIpc) is 2.54. The molecule has 0 aliphatic heterocycles. The van der Waals surface area contributed by atoms with Crippen LogP contribution in [-0.4, -0.2) is 23.0 Å². The van der Waals surface area contributed by atoms with Crippen LogP contribution in [0.2, 0.25) is 0 Å². The molecule has 1 aromatic rings. The molecule has 1 atom stereocenters. The van der Waals surface area contributed by atoms with Crippen molar-refractivity contribution in [2.45, 2.75) is 19.4 Å². The molecule has 0 bridgehead atoms. The second-order valence-corrected chi connectivity index (χ2v) is 3.91. The first-order valence-electron chi connectivity index (χ1n) is 4.12. The quantitative estimate of drug-likeness (QED) is 0.780. The highest BCUT2D eigenvalue weighted by atomic mass is 32.1. The minimum absolute atomic E-state index is 0.325. The molecule has 1 heterocycles. The molecule has 14 heavy (non-hydrogen) atoms. The van der Waals surface area contributed by atoms with Crippen LogP contribution in [0.25, 0.3) is 0 Å². The lowest BCUT2D eigenvalue weighted by Crippen LogP contribution is -2.40. The molecule has 1 amide bonds. The second-order valence-electron chi connectivity index (χ2n) is 2.87. The highest BCUT2D eigenvalue weighted by Crippen LogP contribution is 2.11. The number of aliphatic carboxylic acids is 1. The Morgan fingerprint density at radius 2 is 2.36 bits per heavy atom. The minimum atomic E-state index is -1.01. The number of carbonyl (C=O) groups excluding carboxylic acids is 1. The van der Waals surface area contributed by atoms with Gasteiger partial charge in [-0.15, -0.1) is 11.3 Å². The van der Waals surface area contributed by atoms with Gasteiger partial charge in [-0.05, 0) is 11.4 Å². The van der Waals surface area contributed by atoms with E-state index in [-0.39, 0.29) is 5.91 Å². The van der Waals surface area contributed by atoms with Gasteiger partial charge in [-0.25, -0.2) is 4.79 Å². The molecule has 0 aliphatic rings. The zero-order valence-electron chi connectivity index (χ0n) is 7.69. The van der Waals surface area contributed by atoms with E-state index in [1.807, 2.05) is 17.5 Å². The molecule has 4 nitrogen and oxygen atoms in total. The van der Waals surface area contributed by atoms with Crippen molar-refractivity contribution in [1.82, 2.24) is 5.32 Å². The van der Waals surface area contributed by atoms with Gasteiger partial charge in [-0.2, -0.15) is 0 Å². The van der Waals surface area contributed by atoms with Crippen LogP contribution in [0.15, 0.2) is 17.5 Å². The number of hydrogen-bond acceptors (Lipinski definition) is 3. The molecule has 76 valence electrons. The molecule has 1 rings (SSSR count). The molecule has 0 saturated heterocycles. The van der Waals surface area contributed by atoms with Gasteiger partial charge in [0.05, 0.1) is 0 Å². The van der Waals surface area contributed by atoms with Crippen molar-refractivity contribution in [2.75, 3.05) is 0 Å². The Bertz CT molecular complexity index is 321. The monoisotopic (exact) mass is 213 g/mol. The van der Waals surface area contributed by atoms with Crippen molar-refractivity contribution in [3.63, 3.8) is 0 Å². The van der Waals surface area contributed by atoms with Gasteiger partial charge in [0.15, 0.2) is 0 Å². The highest BCUT2D eigenvalue weighted by Gasteiger charge is 2.18. The first-order valence-corrected chi connectivity index (χ1v) is 5.00. The van der Waals surface area contributed by atoms with E-state index in [2.05, 4.69) is 5.32 Å². The summed E-state index contributed by atoms with van der Waals surface area (Å²) in [7, 11) is 0. The third-order valence-corrected chi connectivity index (χ3v) is 2.56. The smallest absolute Gasteiger partial charge is 0.326 e. The molecule has 0 saturated carbocycles. The van der Waals surface area contributed by atoms with E-state index in [1.165, 1.54) is 18.3 Å². The summed E-state index contributed by atoms with van der Waals surface area (Å²) in [6, 6.07) is 2.88. The molecular formula is C9H11NO3S. The van der Waals surface area contributed by atoms with Crippen LogP contribution in [0, 0.1) is 0 Å². The molecule has 0 aromatic carbocycles. The number of nitrogens with one attached hydrogen (secondary N) is 1. The van der Waals surface area contributed by atoms with Gasteiger partial charge in [0.2, 0.25) is 5.91 Å². The fraction of sp³-hybridized carbons (Fsp3) is 0.333. The zero-order chi connectivity index (χ0) is 10.6. The highest BCUT2D eigenvalue weighted by molar-refractivity contribution is 7.09. The first kappa shape index (κ1) is 10.7. The molecule has 1 unspecified atom stereocenters. The predicted molar refractivity (Wildman–Crippen MR) is 53.3 cm³/mol. The summed E-state index contributed by atoms with van der Waals surface area (Å²) in [4.78, 5) is 22.4. The van der Waals surface area contributed by atoms with Crippen molar-refractivity contribution < 1.29 is 14.7 Å². The number of rotatable bonds is 4. The van der Waals surface area contributed by atoms with Crippen LogP contribution < -0.4 is 5.32 Å². The van der Waals surface area contributed by atoms with Gasteiger partial charge in [0, 0.05) is 18.2 Å². The SMILES string of the molecule is CC(=O)NC(Cc1cccs1)C(=O)O. The van der Waals surface area contributed by atoms with E-state index >= 15 is 0 Å². The van der Waals surface area contributed by atoms with E-state index in [0.29, 0.717) is 6.42 Å². The van der Waals surface area contributed by atoms with Gasteiger partial charge in [-0.1, -0.05) is 6.07 Å². The number of hydrogen-bond donors (Lipinski definition) is 2. The predicted octanol–water partition coefficient (Wildman–Crippen LogP) is 0.880. The van der Waals surface area contributed by atoms with Crippen LogP contribution in [-0.2, 0) is 16.0 Å². The van der Waals surface area contributed by atoms with Crippen molar-refractivity contribution >= 4 is 23.2 Å². The molecule has 0 spiro atoms. The fourth-order valence-electron chi connectivity index (χ4n) is 1.08. The van der Waals surface area contributed by atoms with Gasteiger partial charge in [0.25, 0.3) is 0 Å². The average molecular weight is 213 g/mol. The van der Waals surface area contributed by atoms with Gasteiger partial charge < -0.3 is 10.4 Å². The van der Waals surface area contributed by atoms with E-state index in [0.717, 1.165) is 4.88 Å². The third kappa shape index (κ3) is 3.18. The molecule has 0 fully saturated rings. The van der Waals surface area contributed by atoms with Crippen LogP contribution in [0.4, 0.5) is 0 Å². The van der Waals surface area contributed by atoms with Crippen LogP contribution in [0.3, 0.4) is 0 Å². The summed E-state index contributed by atoms with van der Waals surface area (Å²) >= 11 is 1.48. The molecule has 5 heteroatoms. The number of carbonyl (C=O) groups is 2. The maximum absolute atomic E-state index is 10.8. The molecule has 1 aromatic heterocycles. The number of carboxylic acids is 1. The Balaban J connectivity index is 2.60. The topological polar surface area (TPSA) is 66.4 Å². The molecular weight excluding hydrogens is 202 g/mol. The van der Waals surface area contributed by atoms with E-state index in [9.17, 15) is 9.59 Å². The molecule has 2 N–H and O–H groups in total. The fourth-order valence-corrected chi connectivity index (χ4v) is 1.83. The summed E-state index contributed by atoms with van der Waals surface area (Å²) < 4.78 is 0. The standard InChI is InChI=1S/C9H11NO3S/c1-6(11)10-8(9(12)13)5-7-3-2-4-14-7/h2-4,8H,5H2,1H3,(H,10,11)(H,12,13). The van der Waals surface area contributed by atoms with Crippen molar-refractivity contribution in [3.8, 4) is 0 Å². The Morgan fingerprint density at radius 1 is 1.64 bits per heavy atom. The van der Waals surface area contributed by atoms with Crippen LogP contribution >= 0.6 is 11.3 Å². The third-order valence-electron chi connectivity index (χ3n) is 1.66. The van der Waals surface area contributed by atoms with E-state index in [1.54, 1.807) is 0 Å². The summed E-state index contributed by atoms with van der Waals surface area (Å²) in [6.07, 6.45) is 0.340. The normalized spacial score (nSPS) is 12.1. The number of amides is 1. The van der Waals surface area contributed by atoms with Crippen LogP contribution in [0.1, 0.15) is 11.8 Å². The van der Waals surface area contributed by atoms with Crippen molar-refractivity contribution in [2.24, 2.45) is 0 Å². The lowest BCUT2D eigenvalue weighted by atomic mass is 10.2. The van der Waals surface area contributed by atoms with Crippen LogP contribution in [0.5, 0.6) is 0 Å². The Morgan fingerprint density at radius 3 is 2.79 bits per heavy atom. The minimum Gasteiger partial charge on any atom is -0.480 e. The van der Waals surface area contributed by atoms with Gasteiger partial charge >= 0.3 is 5.97 Å². The summed E-state index contributed by atoms with van der Waals surface area (Å²) in [5.41, 5.74) is 0. The van der Waals surface area contributed by atoms with E-state index in [4.69, 9.17) is 5.11 Å². The lowest BCUT2D eigenvalue weighted by molar-refractivity contribution is -0.141. The van der Waals surface area contributed by atoms with Crippen molar-refractivity contribution in [3.05, 3.63) is 22.4 Å². The first-order chi connectivity index (χ1) is 6.59. The zero-order valence-corrected chi connectivity index (χ0v) is 8.50.